The Morgan fingerprint density at radius 2 is 1.95 bits per heavy atom. The minimum Gasteiger partial charge on any atom is -0.370 e. The number of ether oxygens (including phenoxy) is 1. The SMILES string of the molecule is Cc1cc2c(cc1C(=O)N=C(N)N)S(=O)(=O)C(C)(C)OC2. The summed E-state index contributed by atoms with van der Waals surface area (Å²) in [6, 6.07) is 2.93. The van der Waals surface area contributed by atoms with Crippen LogP contribution in [0.2, 0.25) is 0 Å². The van der Waals surface area contributed by atoms with Crippen molar-refractivity contribution in [3.8, 4) is 0 Å². The van der Waals surface area contributed by atoms with Crippen LogP contribution in [0.25, 0.3) is 0 Å². The van der Waals surface area contributed by atoms with Gasteiger partial charge in [-0.25, -0.2) is 8.42 Å². The Labute approximate surface area is 122 Å². The molecule has 114 valence electrons. The zero-order valence-electron chi connectivity index (χ0n) is 12.0. The van der Waals surface area contributed by atoms with Crippen LogP contribution in [0.4, 0.5) is 0 Å². The average molecular weight is 311 g/mol. The van der Waals surface area contributed by atoms with Crippen LogP contribution in [0.5, 0.6) is 0 Å². The van der Waals surface area contributed by atoms with Gasteiger partial charge in [-0.05, 0) is 38.0 Å². The molecule has 8 heteroatoms. The predicted octanol–water partition coefficient (Wildman–Crippen LogP) is 0.449. The Balaban J connectivity index is 2.66. The summed E-state index contributed by atoms with van der Waals surface area (Å²) in [7, 11) is -3.71. The predicted molar refractivity (Wildman–Crippen MR) is 77.4 cm³/mol. The monoisotopic (exact) mass is 311 g/mol. The van der Waals surface area contributed by atoms with Crippen molar-refractivity contribution in [2.24, 2.45) is 16.5 Å². The van der Waals surface area contributed by atoms with Gasteiger partial charge in [-0.2, -0.15) is 4.99 Å². The van der Waals surface area contributed by atoms with Crippen LogP contribution in [-0.4, -0.2) is 25.2 Å². The van der Waals surface area contributed by atoms with E-state index in [0.29, 0.717) is 11.1 Å². The molecule has 7 nitrogen and oxygen atoms in total. The molecule has 1 aromatic carbocycles. The first-order valence-electron chi connectivity index (χ1n) is 6.22. The van der Waals surface area contributed by atoms with Gasteiger partial charge in [0.2, 0.25) is 9.84 Å². The Morgan fingerprint density at radius 1 is 1.33 bits per heavy atom. The van der Waals surface area contributed by atoms with E-state index in [-0.39, 0.29) is 23.0 Å². The molecule has 0 radical (unpaired) electrons. The molecule has 1 heterocycles. The van der Waals surface area contributed by atoms with E-state index in [2.05, 4.69) is 4.99 Å². The quantitative estimate of drug-likeness (QED) is 0.573. The summed E-state index contributed by atoms with van der Waals surface area (Å²) >= 11 is 0. The second-order valence-electron chi connectivity index (χ2n) is 5.31. The van der Waals surface area contributed by atoms with E-state index in [1.807, 2.05) is 0 Å². The van der Waals surface area contributed by atoms with Crippen LogP contribution in [-0.2, 0) is 21.2 Å². The van der Waals surface area contributed by atoms with Gasteiger partial charge in [0.15, 0.2) is 10.9 Å². The number of aliphatic imine (C=N–C) groups is 1. The molecule has 0 aromatic heterocycles. The maximum atomic E-state index is 12.5. The van der Waals surface area contributed by atoms with Crippen molar-refractivity contribution in [1.29, 1.82) is 0 Å². The van der Waals surface area contributed by atoms with Crippen molar-refractivity contribution in [2.75, 3.05) is 0 Å². The van der Waals surface area contributed by atoms with Crippen LogP contribution in [0.15, 0.2) is 22.0 Å². The molecule has 0 fully saturated rings. The lowest BCUT2D eigenvalue weighted by molar-refractivity contribution is 0.0240. The maximum Gasteiger partial charge on any atom is 0.280 e. The third kappa shape index (κ3) is 2.52. The number of amides is 1. The molecule has 2 rings (SSSR count). The topological polar surface area (TPSA) is 125 Å². The fraction of sp³-hybridized carbons (Fsp3) is 0.385. The van der Waals surface area contributed by atoms with Gasteiger partial charge in [0, 0.05) is 5.56 Å². The van der Waals surface area contributed by atoms with Gasteiger partial charge in [-0.3, -0.25) is 4.79 Å². The van der Waals surface area contributed by atoms with Crippen LogP contribution < -0.4 is 11.5 Å². The lowest BCUT2D eigenvalue weighted by Gasteiger charge is -2.31. The molecular formula is C13H17N3O4S. The number of nitrogens with two attached hydrogens (primary N) is 2. The summed E-state index contributed by atoms with van der Waals surface area (Å²) in [6.45, 7) is 4.80. The van der Waals surface area contributed by atoms with Gasteiger partial charge in [0.25, 0.3) is 5.91 Å². The summed E-state index contributed by atoms with van der Waals surface area (Å²) in [5.74, 6) is -1.04. The van der Waals surface area contributed by atoms with Gasteiger partial charge in [-0.1, -0.05) is 6.07 Å². The minimum atomic E-state index is -3.71. The molecule has 1 aromatic rings. The molecule has 0 unspecified atom stereocenters. The van der Waals surface area contributed by atoms with Gasteiger partial charge in [-0.15, -0.1) is 0 Å². The summed E-state index contributed by atoms with van der Waals surface area (Å²) in [5, 5.41) is 0. The number of nitrogens with zero attached hydrogens (tertiary/aromatic N) is 1. The summed E-state index contributed by atoms with van der Waals surface area (Å²) < 4.78 is 30.4. The maximum absolute atomic E-state index is 12.5. The molecule has 1 aliphatic rings. The van der Waals surface area contributed by atoms with Gasteiger partial charge in [0.1, 0.15) is 0 Å². The molecule has 4 N–H and O–H groups in total. The third-order valence-electron chi connectivity index (χ3n) is 3.38. The average Bonchev–Trinajstić information content (AvgIpc) is 2.33. The van der Waals surface area contributed by atoms with E-state index in [1.165, 1.54) is 19.9 Å². The van der Waals surface area contributed by atoms with Crippen molar-refractivity contribution in [3.63, 3.8) is 0 Å². The second-order valence-corrected chi connectivity index (χ2v) is 7.74. The highest BCUT2D eigenvalue weighted by molar-refractivity contribution is 7.92. The lowest BCUT2D eigenvalue weighted by atomic mass is 10.0. The number of sulfone groups is 1. The first-order chi connectivity index (χ1) is 9.56. The smallest absolute Gasteiger partial charge is 0.280 e. The van der Waals surface area contributed by atoms with Gasteiger partial charge >= 0.3 is 0 Å². The molecule has 0 atom stereocenters. The molecule has 0 saturated heterocycles. The highest BCUT2D eigenvalue weighted by Gasteiger charge is 2.42. The molecule has 0 spiro atoms. The van der Waals surface area contributed by atoms with Crippen LogP contribution >= 0.6 is 0 Å². The van der Waals surface area contributed by atoms with E-state index >= 15 is 0 Å². The molecule has 21 heavy (non-hydrogen) atoms. The Hall–Kier alpha value is -1.93. The Kier molecular flexibility index (Phi) is 3.54. The zero-order valence-corrected chi connectivity index (χ0v) is 12.8. The first kappa shape index (κ1) is 15.5. The van der Waals surface area contributed by atoms with Crippen molar-refractivity contribution in [3.05, 3.63) is 28.8 Å². The molecule has 1 aliphatic heterocycles. The van der Waals surface area contributed by atoms with E-state index in [0.717, 1.165) is 0 Å². The number of guanidine groups is 1. The number of fused-ring (bicyclic) bond motifs is 1. The second kappa shape index (κ2) is 4.81. The van der Waals surface area contributed by atoms with Crippen molar-refractivity contribution >= 4 is 21.7 Å². The largest absolute Gasteiger partial charge is 0.370 e. The first-order valence-corrected chi connectivity index (χ1v) is 7.70. The molecule has 0 aliphatic carbocycles. The fourth-order valence-electron chi connectivity index (χ4n) is 2.11. The van der Waals surface area contributed by atoms with E-state index < -0.39 is 20.7 Å². The highest BCUT2D eigenvalue weighted by atomic mass is 32.2. The molecule has 0 saturated carbocycles. The van der Waals surface area contributed by atoms with Crippen molar-refractivity contribution < 1.29 is 17.9 Å². The number of benzene rings is 1. The fourth-order valence-corrected chi connectivity index (χ4v) is 3.59. The highest BCUT2D eigenvalue weighted by Crippen LogP contribution is 2.36. The van der Waals surface area contributed by atoms with Crippen molar-refractivity contribution in [1.82, 2.24) is 0 Å². The zero-order chi connectivity index (χ0) is 16.0. The number of hydrogen-bond donors (Lipinski definition) is 2. The molecule has 1 amide bonds. The van der Waals surface area contributed by atoms with Crippen molar-refractivity contribution in [2.45, 2.75) is 37.2 Å². The number of carbonyl (C=O) groups is 1. The lowest BCUT2D eigenvalue weighted by Crippen LogP contribution is -2.39. The van der Waals surface area contributed by atoms with E-state index in [4.69, 9.17) is 16.2 Å². The normalized spacial score (nSPS) is 18.6. The summed E-state index contributed by atoms with van der Waals surface area (Å²) in [4.78, 5) is 14.1. The number of rotatable bonds is 1. The third-order valence-corrected chi connectivity index (χ3v) is 5.75. The summed E-state index contributed by atoms with van der Waals surface area (Å²) in [5.41, 5.74) is 11.6. The van der Waals surface area contributed by atoms with E-state index in [1.54, 1.807) is 13.0 Å². The Morgan fingerprint density at radius 3 is 2.52 bits per heavy atom. The van der Waals surface area contributed by atoms with Crippen LogP contribution in [0.3, 0.4) is 0 Å². The van der Waals surface area contributed by atoms with Gasteiger partial charge < -0.3 is 16.2 Å². The molecule has 0 bridgehead atoms. The molecular weight excluding hydrogens is 294 g/mol. The minimum absolute atomic E-state index is 0.0819. The standard InChI is InChI=1S/C13H17N3O4S/c1-7-4-8-6-20-13(2,3)21(18,19)10(8)5-9(7)11(17)16-12(14)15/h4-5H,6H2,1-3H3,(H4,14,15,16,17). The number of carbonyl (C=O) groups excluding carboxylic acids is 1. The Bertz CT molecular complexity index is 747. The van der Waals surface area contributed by atoms with Crippen LogP contribution in [0, 0.1) is 6.92 Å². The van der Waals surface area contributed by atoms with Gasteiger partial charge in [0.05, 0.1) is 11.5 Å². The van der Waals surface area contributed by atoms with E-state index in [9.17, 15) is 13.2 Å². The van der Waals surface area contributed by atoms with Crippen LogP contribution in [0.1, 0.15) is 35.3 Å². The summed E-state index contributed by atoms with van der Waals surface area (Å²) in [6.07, 6.45) is 0. The number of aryl methyl sites for hydroxylation is 1. The number of hydrogen-bond acceptors (Lipinski definition) is 4.